The van der Waals surface area contributed by atoms with Crippen molar-refractivity contribution in [1.29, 1.82) is 0 Å². The minimum atomic E-state index is -0.399. The molecule has 9 heavy (non-hydrogen) atoms. The molecule has 0 amide bonds. The maximum absolute atomic E-state index is 10.1. The van der Waals surface area contributed by atoms with Crippen LogP contribution in [0.4, 0.5) is 0 Å². The summed E-state index contributed by atoms with van der Waals surface area (Å²) in [6, 6.07) is 0. The lowest BCUT2D eigenvalue weighted by molar-refractivity contribution is -0.107. The molecule has 3 heteroatoms. The molecule has 0 radical (unpaired) electrons. The topological polar surface area (TPSA) is 17.1 Å². The van der Waals surface area contributed by atoms with E-state index in [2.05, 4.69) is 15.9 Å². The van der Waals surface area contributed by atoms with Crippen molar-refractivity contribution in [3.63, 3.8) is 0 Å². The van der Waals surface area contributed by atoms with Gasteiger partial charge in [0.1, 0.15) is 0 Å². The van der Waals surface area contributed by atoms with Gasteiger partial charge in [-0.1, -0.05) is 22.0 Å². The van der Waals surface area contributed by atoms with Crippen molar-refractivity contribution >= 4 is 32.8 Å². The van der Waals surface area contributed by atoms with Gasteiger partial charge in [0.25, 0.3) is 0 Å². The van der Waals surface area contributed by atoms with Gasteiger partial charge in [-0.15, -0.1) is 0 Å². The summed E-state index contributed by atoms with van der Waals surface area (Å²) in [6.45, 7) is 0. The molecule has 0 spiro atoms. The summed E-state index contributed by atoms with van der Waals surface area (Å²) >= 11 is 8.28. The van der Waals surface area contributed by atoms with Crippen LogP contribution in [-0.4, -0.2) is 10.6 Å². The van der Waals surface area contributed by atoms with Crippen molar-refractivity contribution in [2.24, 2.45) is 0 Å². The van der Waals surface area contributed by atoms with E-state index in [-0.39, 0.29) is 0 Å². The van der Waals surface area contributed by atoms with Gasteiger partial charge in [0, 0.05) is 5.33 Å². The molecule has 0 aromatic carbocycles. The summed E-state index contributed by atoms with van der Waals surface area (Å²) in [4.78, 5) is 10.1. The molecular weight excluding hydrogens is 203 g/mol. The number of hydrogen-bond acceptors (Lipinski definition) is 1. The highest BCUT2D eigenvalue weighted by atomic mass is 79.9. The third-order valence-corrected chi connectivity index (χ3v) is 1.44. The zero-order valence-corrected chi connectivity index (χ0v) is 7.28. The predicted octanol–water partition coefficient (Wildman–Crippen LogP) is 2.48. The Kier molecular flexibility index (Phi) is 6.43. The van der Waals surface area contributed by atoms with E-state index in [0.717, 1.165) is 18.2 Å². The van der Waals surface area contributed by atoms with E-state index in [4.69, 9.17) is 11.6 Å². The molecule has 0 aromatic heterocycles. The molecule has 0 unspecified atom stereocenters. The Bertz CT molecular complexity index is 112. The van der Waals surface area contributed by atoms with Gasteiger partial charge >= 0.3 is 0 Å². The second-order valence-electron chi connectivity index (χ2n) is 1.54. The molecule has 0 saturated carbocycles. The van der Waals surface area contributed by atoms with Crippen LogP contribution in [-0.2, 0) is 4.79 Å². The smallest absolute Gasteiger partial charge is 0.244 e. The monoisotopic (exact) mass is 210 g/mol. The van der Waals surface area contributed by atoms with Gasteiger partial charge in [-0.05, 0) is 30.5 Å². The first-order valence-corrected chi connectivity index (χ1v) is 4.19. The Balaban J connectivity index is 3.15. The van der Waals surface area contributed by atoms with E-state index >= 15 is 0 Å². The average molecular weight is 211 g/mol. The van der Waals surface area contributed by atoms with Gasteiger partial charge in [-0.3, -0.25) is 4.79 Å². The molecule has 0 atom stereocenters. The van der Waals surface area contributed by atoms with Crippen LogP contribution in [0.15, 0.2) is 12.2 Å². The van der Waals surface area contributed by atoms with Crippen molar-refractivity contribution < 1.29 is 4.79 Å². The second kappa shape index (κ2) is 6.30. The van der Waals surface area contributed by atoms with E-state index in [9.17, 15) is 4.79 Å². The second-order valence-corrected chi connectivity index (χ2v) is 2.70. The average Bonchev–Trinajstić information content (AvgIpc) is 1.80. The number of carbonyl (C=O) groups excluding carboxylic acids is 1. The van der Waals surface area contributed by atoms with Crippen LogP contribution in [0.1, 0.15) is 12.8 Å². The van der Waals surface area contributed by atoms with E-state index in [0.29, 0.717) is 0 Å². The third-order valence-electron chi connectivity index (χ3n) is 0.753. The first kappa shape index (κ1) is 9.18. The SMILES string of the molecule is O=C(Cl)/C=C/CCCBr. The number of hydrogen-bond donors (Lipinski definition) is 0. The Morgan fingerprint density at radius 1 is 1.67 bits per heavy atom. The standard InChI is InChI=1S/C6H8BrClO/c7-5-3-1-2-4-6(8)9/h2,4H,1,3,5H2/b4-2+. The zero-order valence-electron chi connectivity index (χ0n) is 4.94. The van der Waals surface area contributed by atoms with Gasteiger partial charge in [-0.2, -0.15) is 0 Å². The Hall–Kier alpha value is 0.180. The molecule has 0 saturated heterocycles. The lowest BCUT2D eigenvalue weighted by Crippen LogP contribution is -1.75. The largest absolute Gasteiger partial charge is 0.276 e. The molecule has 0 N–H and O–H groups in total. The summed E-state index contributed by atoms with van der Waals surface area (Å²) in [5, 5.41) is 0.568. The molecule has 0 aliphatic carbocycles. The fourth-order valence-corrected chi connectivity index (χ4v) is 0.784. The Labute approximate surface area is 68.2 Å². The van der Waals surface area contributed by atoms with Crippen molar-refractivity contribution in [3.05, 3.63) is 12.2 Å². The molecule has 0 aromatic rings. The van der Waals surface area contributed by atoms with Crippen LogP contribution in [0.5, 0.6) is 0 Å². The van der Waals surface area contributed by atoms with Gasteiger partial charge < -0.3 is 0 Å². The number of halogens is 2. The zero-order chi connectivity index (χ0) is 7.11. The summed E-state index contributed by atoms with van der Waals surface area (Å²) in [5.74, 6) is 0. The van der Waals surface area contributed by atoms with Crippen LogP contribution in [0, 0.1) is 0 Å². The molecule has 0 rings (SSSR count). The van der Waals surface area contributed by atoms with E-state index in [1.54, 1.807) is 6.08 Å². The first-order chi connectivity index (χ1) is 4.27. The molecular formula is C6H8BrClO. The molecule has 0 bridgehead atoms. The van der Waals surface area contributed by atoms with Crippen molar-refractivity contribution in [1.82, 2.24) is 0 Å². The van der Waals surface area contributed by atoms with Gasteiger partial charge in [0.2, 0.25) is 5.24 Å². The third kappa shape index (κ3) is 8.18. The first-order valence-electron chi connectivity index (χ1n) is 2.69. The minimum Gasteiger partial charge on any atom is -0.276 e. The quantitative estimate of drug-likeness (QED) is 0.302. The normalized spacial score (nSPS) is 10.4. The fraction of sp³-hybridized carbons (Fsp3) is 0.500. The molecule has 52 valence electrons. The van der Waals surface area contributed by atoms with E-state index < -0.39 is 5.24 Å². The lowest BCUT2D eigenvalue weighted by Gasteiger charge is -1.83. The number of unbranched alkanes of at least 4 members (excludes halogenated alkanes) is 1. The molecule has 1 nitrogen and oxygen atoms in total. The van der Waals surface area contributed by atoms with Gasteiger partial charge in [0.05, 0.1) is 0 Å². The van der Waals surface area contributed by atoms with E-state index in [1.165, 1.54) is 6.08 Å². The van der Waals surface area contributed by atoms with Crippen LogP contribution in [0.2, 0.25) is 0 Å². The van der Waals surface area contributed by atoms with Crippen LogP contribution in [0.3, 0.4) is 0 Å². The maximum Gasteiger partial charge on any atom is 0.244 e. The van der Waals surface area contributed by atoms with Crippen molar-refractivity contribution in [3.8, 4) is 0 Å². The van der Waals surface area contributed by atoms with Crippen LogP contribution in [0.25, 0.3) is 0 Å². The number of rotatable bonds is 4. The summed E-state index contributed by atoms with van der Waals surface area (Å²) in [7, 11) is 0. The summed E-state index contributed by atoms with van der Waals surface area (Å²) < 4.78 is 0. The fourth-order valence-electron chi connectivity index (χ4n) is 0.371. The summed E-state index contributed by atoms with van der Waals surface area (Å²) in [6.07, 6.45) is 5.10. The highest BCUT2D eigenvalue weighted by Gasteiger charge is 1.83. The molecule has 0 heterocycles. The number of carbonyl (C=O) groups is 1. The number of alkyl halides is 1. The van der Waals surface area contributed by atoms with Crippen molar-refractivity contribution in [2.75, 3.05) is 5.33 Å². The Morgan fingerprint density at radius 2 is 2.33 bits per heavy atom. The predicted molar refractivity (Wildman–Crippen MR) is 43.0 cm³/mol. The molecule has 0 aliphatic rings. The molecule has 0 fully saturated rings. The van der Waals surface area contributed by atoms with Gasteiger partial charge in [0.15, 0.2) is 0 Å². The highest BCUT2D eigenvalue weighted by Crippen LogP contribution is 1.95. The molecule has 0 aliphatic heterocycles. The van der Waals surface area contributed by atoms with Crippen LogP contribution >= 0.6 is 27.5 Å². The lowest BCUT2D eigenvalue weighted by atomic mass is 10.3. The van der Waals surface area contributed by atoms with Crippen LogP contribution < -0.4 is 0 Å². The Morgan fingerprint density at radius 3 is 2.78 bits per heavy atom. The maximum atomic E-state index is 10.1. The summed E-state index contributed by atoms with van der Waals surface area (Å²) in [5.41, 5.74) is 0. The number of allylic oxidation sites excluding steroid dienone is 2. The van der Waals surface area contributed by atoms with E-state index in [1.807, 2.05) is 0 Å². The van der Waals surface area contributed by atoms with Gasteiger partial charge in [-0.25, -0.2) is 0 Å². The van der Waals surface area contributed by atoms with Crippen molar-refractivity contribution in [2.45, 2.75) is 12.8 Å². The highest BCUT2D eigenvalue weighted by molar-refractivity contribution is 9.09. The minimum absolute atomic E-state index is 0.399.